The largest absolute Gasteiger partial charge is 0.464 e. The molecule has 1 aromatic carbocycles. The van der Waals surface area contributed by atoms with Gasteiger partial charge in [-0.25, -0.2) is 4.79 Å². The Labute approximate surface area is 106 Å². The minimum atomic E-state index is -0.215. The van der Waals surface area contributed by atoms with E-state index in [1.807, 2.05) is 42.2 Å². The van der Waals surface area contributed by atoms with Crippen molar-refractivity contribution in [2.75, 3.05) is 6.61 Å². The third-order valence-corrected chi connectivity index (χ3v) is 3.12. The van der Waals surface area contributed by atoms with Gasteiger partial charge in [-0.15, -0.1) is 0 Å². The van der Waals surface area contributed by atoms with Crippen LogP contribution in [0.5, 0.6) is 0 Å². The van der Waals surface area contributed by atoms with Crippen LogP contribution >= 0.6 is 12.2 Å². The zero-order chi connectivity index (χ0) is 12.3. The number of esters is 1. The van der Waals surface area contributed by atoms with E-state index in [1.165, 1.54) is 0 Å². The number of carbonyl (C=O) groups is 1. The lowest BCUT2D eigenvalue weighted by molar-refractivity contribution is -0.141. The Morgan fingerprint density at radius 1 is 1.47 bits per heavy atom. The maximum Gasteiger partial charge on any atom is 0.328 e. The van der Waals surface area contributed by atoms with Gasteiger partial charge < -0.3 is 9.64 Å². The summed E-state index contributed by atoms with van der Waals surface area (Å²) in [7, 11) is 0. The number of thiocarbonyl (C=S) groups is 1. The second kappa shape index (κ2) is 5.27. The van der Waals surface area contributed by atoms with Crippen LogP contribution in [0.3, 0.4) is 0 Å². The van der Waals surface area contributed by atoms with Crippen molar-refractivity contribution in [3.8, 4) is 0 Å². The molecule has 0 unspecified atom stereocenters. The van der Waals surface area contributed by atoms with E-state index in [1.54, 1.807) is 0 Å². The normalized spacial score (nSPS) is 18.9. The van der Waals surface area contributed by atoms with Gasteiger partial charge in [-0.2, -0.15) is 0 Å². The Kier molecular flexibility index (Phi) is 3.74. The number of nitrogens with zero attached hydrogens (tertiary/aromatic N) is 1. The minimum Gasteiger partial charge on any atom is -0.464 e. The number of carbonyl (C=O) groups excluding carboxylic acids is 1. The Morgan fingerprint density at radius 2 is 2.18 bits per heavy atom. The molecular formula is C13H15NO2S. The fourth-order valence-corrected chi connectivity index (χ4v) is 2.18. The van der Waals surface area contributed by atoms with Crippen molar-refractivity contribution in [2.24, 2.45) is 0 Å². The molecule has 0 bridgehead atoms. The predicted octanol–water partition coefficient (Wildman–Crippen LogP) is 2.15. The topological polar surface area (TPSA) is 29.5 Å². The van der Waals surface area contributed by atoms with Gasteiger partial charge in [0, 0.05) is 13.0 Å². The van der Waals surface area contributed by atoms with Crippen LogP contribution in [-0.2, 0) is 16.1 Å². The van der Waals surface area contributed by atoms with Crippen LogP contribution < -0.4 is 0 Å². The zero-order valence-electron chi connectivity index (χ0n) is 9.76. The Bertz CT molecular complexity index is 419. The van der Waals surface area contributed by atoms with E-state index in [2.05, 4.69) is 0 Å². The van der Waals surface area contributed by atoms with Crippen molar-refractivity contribution in [1.82, 2.24) is 4.90 Å². The molecular weight excluding hydrogens is 234 g/mol. The van der Waals surface area contributed by atoms with Gasteiger partial charge in [-0.3, -0.25) is 0 Å². The number of ether oxygens (including phenoxy) is 1. The summed E-state index contributed by atoms with van der Waals surface area (Å²) >= 11 is 5.22. The average Bonchev–Trinajstić information content (AvgIpc) is 2.73. The smallest absolute Gasteiger partial charge is 0.328 e. The van der Waals surface area contributed by atoms with Crippen LogP contribution in [0.1, 0.15) is 18.9 Å². The van der Waals surface area contributed by atoms with Crippen LogP contribution in [0, 0.1) is 0 Å². The Morgan fingerprint density at radius 3 is 2.71 bits per heavy atom. The number of rotatable bonds is 3. The van der Waals surface area contributed by atoms with Crippen LogP contribution in [0.2, 0.25) is 0 Å². The van der Waals surface area contributed by atoms with Gasteiger partial charge in [0.2, 0.25) is 0 Å². The highest BCUT2D eigenvalue weighted by molar-refractivity contribution is 7.80. The first kappa shape index (κ1) is 12.0. The molecule has 4 heteroatoms. The van der Waals surface area contributed by atoms with E-state index >= 15 is 0 Å². The molecule has 90 valence electrons. The van der Waals surface area contributed by atoms with Crippen LogP contribution in [0.4, 0.5) is 0 Å². The van der Waals surface area contributed by atoms with Gasteiger partial charge in [-0.05, 0) is 12.5 Å². The lowest BCUT2D eigenvalue weighted by atomic mass is 10.1. The van der Waals surface area contributed by atoms with Gasteiger partial charge in [0.1, 0.15) is 6.04 Å². The summed E-state index contributed by atoms with van der Waals surface area (Å²) in [4.78, 5) is 14.3. The SMILES string of the molecule is CC(=S)N(Cc1ccccc1)[C@@H]1CCOC1=O. The van der Waals surface area contributed by atoms with Gasteiger partial charge in [0.25, 0.3) is 0 Å². The van der Waals surface area contributed by atoms with E-state index in [9.17, 15) is 4.79 Å². The third kappa shape index (κ3) is 2.82. The second-order valence-electron chi connectivity index (χ2n) is 4.10. The monoisotopic (exact) mass is 249 g/mol. The molecule has 1 saturated heterocycles. The third-order valence-electron chi connectivity index (χ3n) is 2.88. The quantitative estimate of drug-likeness (QED) is 0.606. The lowest BCUT2D eigenvalue weighted by Gasteiger charge is -2.27. The molecule has 0 aromatic heterocycles. The minimum absolute atomic E-state index is 0.162. The van der Waals surface area contributed by atoms with Gasteiger partial charge in [0.05, 0.1) is 11.6 Å². The van der Waals surface area contributed by atoms with Crippen molar-refractivity contribution >= 4 is 23.2 Å². The van der Waals surface area contributed by atoms with E-state index in [-0.39, 0.29) is 12.0 Å². The first-order valence-electron chi connectivity index (χ1n) is 5.66. The van der Waals surface area contributed by atoms with Crippen molar-refractivity contribution in [1.29, 1.82) is 0 Å². The summed E-state index contributed by atoms with van der Waals surface area (Å²) in [6, 6.07) is 9.80. The molecule has 0 radical (unpaired) electrons. The van der Waals surface area contributed by atoms with Gasteiger partial charge in [-0.1, -0.05) is 42.5 Å². The highest BCUT2D eigenvalue weighted by Crippen LogP contribution is 2.18. The number of benzene rings is 1. The first-order valence-corrected chi connectivity index (χ1v) is 6.07. The van der Waals surface area contributed by atoms with Crippen molar-refractivity contribution in [3.05, 3.63) is 35.9 Å². The van der Waals surface area contributed by atoms with Gasteiger partial charge in [0.15, 0.2) is 0 Å². The Balaban J connectivity index is 2.13. The summed E-state index contributed by atoms with van der Waals surface area (Å²) in [5.41, 5.74) is 1.15. The maximum absolute atomic E-state index is 11.6. The molecule has 0 amide bonds. The van der Waals surface area contributed by atoms with Crippen LogP contribution in [0.25, 0.3) is 0 Å². The van der Waals surface area contributed by atoms with Crippen molar-refractivity contribution in [2.45, 2.75) is 25.9 Å². The van der Waals surface area contributed by atoms with E-state index in [4.69, 9.17) is 17.0 Å². The average molecular weight is 249 g/mol. The molecule has 0 saturated carbocycles. The number of hydrogen-bond donors (Lipinski definition) is 0. The fraction of sp³-hybridized carbons (Fsp3) is 0.385. The molecule has 1 aromatic rings. The summed E-state index contributed by atoms with van der Waals surface area (Å²) in [6.07, 6.45) is 0.722. The predicted molar refractivity (Wildman–Crippen MR) is 69.6 cm³/mol. The molecule has 0 aliphatic carbocycles. The molecule has 1 heterocycles. The maximum atomic E-state index is 11.6. The molecule has 1 fully saturated rings. The molecule has 2 rings (SSSR count). The highest BCUT2D eigenvalue weighted by atomic mass is 32.1. The first-order chi connectivity index (χ1) is 8.18. The molecule has 0 spiro atoms. The van der Waals surface area contributed by atoms with E-state index < -0.39 is 0 Å². The standard InChI is InChI=1S/C13H15NO2S/c1-10(17)14(12-7-8-16-13(12)15)9-11-5-3-2-4-6-11/h2-6,12H,7-9H2,1H3/t12-/m1/s1. The molecule has 1 aliphatic heterocycles. The lowest BCUT2D eigenvalue weighted by Crippen LogP contribution is -2.40. The summed E-state index contributed by atoms with van der Waals surface area (Å²) in [5.74, 6) is -0.162. The molecule has 17 heavy (non-hydrogen) atoms. The second-order valence-corrected chi connectivity index (χ2v) is 4.70. The van der Waals surface area contributed by atoms with Crippen molar-refractivity contribution < 1.29 is 9.53 Å². The summed E-state index contributed by atoms with van der Waals surface area (Å²) < 4.78 is 4.99. The highest BCUT2D eigenvalue weighted by Gasteiger charge is 2.32. The fourth-order valence-electron chi connectivity index (χ4n) is 1.99. The summed E-state index contributed by atoms with van der Waals surface area (Å²) in [6.45, 7) is 3.01. The van der Waals surface area contributed by atoms with Crippen LogP contribution in [-0.4, -0.2) is 28.5 Å². The Hall–Kier alpha value is -1.42. The zero-order valence-corrected chi connectivity index (χ0v) is 10.6. The van der Waals surface area contributed by atoms with Gasteiger partial charge >= 0.3 is 5.97 Å². The van der Waals surface area contributed by atoms with Crippen molar-refractivity contribution in [3.63, 3.8) is 0 Å². The van der Waals surface area contributed by atoms with Crippen LogP contribution in [0.15, 0.2) is 30.3 Å². The molecule has 1 atom stereocenters. The van der Waals surface area contributed by atoms with E-state index in [0.29, 0.717) is 13.2 Å². The van der Waals surface area contributed by atoms with E-state index in [0.717, 1.165) is 17.0 Å². The summed E-state index contributed by atoms with van der Waals surface area (Å²) in [5, 5.41) is 0. The molecule has 0 N–H and O–H groups in total. The molecule has 1 aliphatic rings. The molecule has 3 nitrogen and oxygen atoms in total. The number of cyclic esters (lactones) is 1. The number of hydrogen-bond acceptors (Lipinski definition) is 3.